The van der Waals surface area contributed by atoms with Crippen LogP contribution in [0.1, 0.15) is 23.4 Å². The van der Waals surface area contributed by atoms with Gasteiger partial charge in [-0.15, -0.1) is 0 Å². The van der Waals surface area contributed by atoms with E-state index in [9.17, 15) is 0 Å². The van der Waals surface area contributed by atoms with Gasteiger partial charge in [-0.2, -0.15) is 5.10 Å². The maximum atomic E-state index is 4.36. The minimum atomic E-state index is 0.941. The van der Waals surface area contributed by atoms with Crippen LogP contribution < -0.4 is 0 Å². The summed E-state index contributed by atoms with van der Waals surface area (Å²) < 4.78 is 1.90. The minimum Gasteiger partial charge on any atom is -0.257 e. The number of pyridine rings is 1. The Balaban J connectivity index is 1.89. The number of aromatic nitrogens is 3. The highest BCUT2D eigenvalue weighted by molar-refractivity contribution is 5.62. The standard InChI is InChI=1S/C14H13N3/c1-2-7-14-12(5-1)11-16-17(14)10-8-13-6-3-4-9-15-13/h2-4,6-11H,1,5H2. The van der Waals surface area contributed by atoms with Gasteiger partial charge in [-0.1, -0.05) is 12.1 Å². The summed E-state index contributed by atoms with van der Waals surface area (Å²) in [4.78, 5) is 4.24. The van der Waals surface area contributed by atoms with E-state index in [1.807, 2.05) is 41.4 Å². The molecule has 0 spiro atoms. The molecule has 0 atom stereocenters. The van der Waals surface area contributed by atoms with Crippen LogP contribution in [0.5, 0.6) is 0 Å². The van der Waals surface area contributed by atoms with Crippen LogP contribution >= 0.6 is 0 Å². The minimum absolute atomic E-state index is 0.941. The van der Waals surface area contributed by atoms with Gasteiger partial charge >= 0.3 is 0 Å². The quantitative estimate of drug-likeness (QED) is 0.783. The molecule has 0 radical (unpaired) electrons. The van der Waals surface area contributed by atoms with Gasteiger partial charge in [-0.25, -0.2) is 4.68 Å². The van der Waals surface area contributed by atoms with E-state index in [1.165, 1.54) is 11.3 Å². The molecule has 0 saturated heterocycles. The van der Waals surface area contributed by atoms with Crippen molar-refractivity contribution in [1.29, 1.82) is 0 Å². The number of hydrogen-bond acceptors (Lipinski definition) is 2. The Morgan fingerprint density at radius 1 is 1.29 bits per heavy atom. The first-order chi connectivity index (χ1) is 8.43. The first-order valence-electron chi connectivity index (χ1n) is 5.75. The molecule has 0 N–H and O–H groups in total. The van der Waals surface area contributed by atoms with Crippen LogP contribution in [-0.2, 0) is 6.42 Å². The molecule has 0 fully saturated rings. The SMILES string of the molecule is C1=Cc2c(cnn2C=Cc2ccccn2)CC1. The number of nitrogens with zero attached hydrogens (tertiary/aromatic N) is 3. The highest BCUT2D eigenvalue weighted by atomic mass is 15.3. The van der Waals surface area contributed by atoms with Crippen LogP contribution in [0.3, 0.4) is 0 Å². The average Bonchev–Trinajstić information content (AvgIpc) is 2.81. The van der Waals surface area contributed by atoms with E-state index in [0.717, 1.165) is 18.5 Å². The Kier molecular flexibility index (Phi) is 2.58. The summed E-state index contributed by atoms with van der Waals surface area (Å²) in [6, 6.07) is 5.86. The van der Waals surface area contributed by atoms with Crippen LogP contribution in [0.2, 0.25) is 0 Å². The van der Waals surface area contributed by atoms with Crippen LogP contribution in [0.4, 0.5) is 0 Å². The van der Waals surface area contributed by atoms with Gasteiger partial charge in [0.2, 0.25) is 0 Å². The van der Waals surface area contributed by atoms with Crippen molar-refractivity contribution in [2.75, 3.05) is 0 Å². The molecule has 3 rings (SSSR count). The molecule has 2 aromatic rings. The van der Waals surface area contributed by atoms with Gasteiger partial charge in [0.25, 0.3) is 0 Å². The largest absolute Gasteiger partial charge is 0.257 e. The molecule has 84 valence electrons. The Hall–Kier alpha value is -2.16. The molecule has 1 aliphatic rings. The summed E-state index contributed by atoms with van der Waals surface area (Å²) >= 11 is 0. The molecule has 3 nitrogen and oxygen atoms in total. The van der Waals surface area contributed by atoms with Crippen molar-refractivity contribution in [2.24, 2.45) is 0 Å². The van der Waals surface area contributed by atoms with E-state index >= 15 is 0 Å². The molecule has 0 bridgehead atoms. The maximum Gasteiger partial charge on any atom is 0.0690 e. The van der Waals surface area contributed by atoms with E-state index < -0.39 is 0 Å². The zero-order chi connectivity index (χ0) is 11.5. The fourth-order valence-electron chi connectivity index (χ4n) is 1.96. The first kappa shape index (κ1) is 10.0. The van der Waals surface area contributed by atoms with Gasteiger partial charge in [0, 0.05) is 12.4 Å². The summed E-state index contributed by atoms with van der Waals surface area (Å²) in [5, 5.41) is 4.36. The third kappa shape index (κ3) is 2.04. The molecule has 3 heteroatoms. The molecule has 1 aliphatic carbocycles. The van der Waals surface area contributed by atoms with Crippen molar-refractivity contribution in [1.82, 2.24) is 14.8 Å². The van der Waals surface area contributed by atoms with Gasteiger partial charge < -0.3 is 0 Å². The van der Waals surface area contributed by atoms with E-state index in [-0.39, 0.29) is 0 Å². The van der Waals surface area contributed by atoms with Crippen LogP contribution in [0.15, 0.2) is 36.7 Å². The molecule has 17 heavy (non-hydrogen) atoms. The Labute approximate surface area is 100 Å². The molecule has 2 heterocycles. The number of rotatable bonds is 2. The lowest BCUT2D eigenvalue weighted by atomic mass is 10.1. The monoisotopic (exact) mass is 223 g/mol. The highest BCUT2D eigenvalue weighted by Crippen LogP contribution is 2.18. The Bertz CT molecular complexity index is 564. The Morgan fingerprint density at radius 3 is 3.18 bits per heavy atom. The van der Waals surface area contributed by atoms with E-state index in [2.05, 4.69) is 22.2 Å². The fraction of sp³-hybridized carbons (Fsp3) is 0.143. The summed E-state index contributed by atoms with van der Waals surface area (Å²) in [5.74, 6) is 0. The maximum absolute atomic E-state index is 4.36. The number of fused-ring (bicyclic) bond motifs is 1. The fourth-order valence-corrected chi connectivity index (χ4v) is 1.96. The van der Waals surface area contributed by atoms with Crippen LogP contribution in [0.25, 0.3) is 18.4 Å². The van der Waals surface area contributed by atoms with Gasteiger partial charge in [0.05, 0.1) is 17.6 Å². The predicted molar refractivity (Wildman–Crippen MR) is 69.0 cm³/mol. The van der Waals surface area contributed by atoms with Gasteiger partial charge in [-0.3, -0.25) is 4.98 Å². The molecule has 2 aromatic heterocycles. The van der Waals surface area contributed by atoms with Crippen molar-refractivity contribution in [2.45, 2.75) is 12.8 Å². The second-order valence-corrected chi connectivity index (χ2v) is 4.01. The smallest absolute Gasteiger partial charge is 0.0690 e. The third-order valence-corrected chi connectivity index (χ3v) is 2.84. The predicted octanol–water partition coefficient (Wildman–Crippen LogP) is 2.87. The van der Waals surface area contributed by atoms with Gasteiger partial charge in [0.1, 0.15) is 0 Å². The summed E-state index contributed by atoms with van der Waals surface area (Å²) in [5.41, 5.74) is 3.44. The van der Waals surface area contributed by atoms with Gasteiger partial charge in [0.15, 0.2) is 0 Å². The summed E-state index contributed by atoms with van der Waals surface area (Å²) in [6.45, 7) is 0. The lowest BCUT2D eigenvalue weighted by Crippen LogP contribution is -1.96. The van der Waals surface area contributed by atoms with Crippen molar-refractivity contribution in [3.63, 3.8) is 0 Å². The third-order valence-electron chi connectivity index (χ3n) is 2.84. The van der Waals surface area contributed by atoms with Crippen molar-refractivity contribution in [3.8, 4) is 0 Å². The lowest BCUT2D eigenvalue weighted by Gasteiger charge is -2.05. The second-order valence-electron chi connectivity index (χ2n) is 4.01. The highest BCUT2D eigenvalue weighted by Gasteiger charge is 2.08. The van der Waals surface area contributed by atoms with Crippen molar-refractivity contribution in [3.05, 3.63) is 53.6 Å². The van der Waals surface area contributed by atoms with Gasteiger partial charge in [-0.05, 0) is 42.7 Å². The normalized spacial score (nSPS) is 14.1. The Morgan fingerprint density at radius 2 is 2.29 bits per heavy atom. The first-order valence-corrected chi connectivity index (χ1v) is 5.75. The summed E-state index contributed by atoms with van der Waals surface area (Å²) in [7, 11) is 0. The summed E-state index contributed by atoms with van der Waals surface area (Å²) in [6.07, 6.45) is 14.2. The topological polar surface area (TPSA) is 30.7 Å². The molecule has 0 aromatic carbocycles. The van der Waals surface area contributed by atoms with E-state index in [1.54, 1.807) is 6.20 Å². The molecule has 0 amide bonds. The molecular weight excluding hydrogens is 210 g/mol. The van der Waals surface area contributed by atoms with E-state index in [4.69, 9.17) is 0 Å². The zero-order valence-electron chi connectivity index (χ0n) is 9.45. The molecule has 0 unspecified atom stereocenters. The van der Waals surface area contributed by atoms with Crippen LogP contribution in [0, 0.1) is 0 Å². The lowest BCUT2D eigenvalue weighted by molar-refractivity contribution is 0.916. The second kappa shape index (κ2) is 4.37. The van der Waals surface area contributed by atoms with Crippen molar-refractivity contribution >= 4 is 18.4 Å². The molecule has 0 saturated carbocycles. The number of allylic oxidation sites excluding steroid dienone is 1. The number of aryl methyl sites for hydroxylation is 1. The molecular formula is C14H13N3. The average molecular weight is 223 g/mol. The zero-order valence-corrected chi connectivity index (χ0v) is 9.45. The molecule has 0 aliphatic heterocycles. The number of hydrogen-bond donors (Lipinski definition) is 0. The van der Waals surface area contributed by atoms with Crippen molar-refractivity contribution < 1.29 is 0 Å². The van der Waals surface area contributed by atoms with Crippen LogP contribution in [-0.4, -0.2) is 14.8 Å². The van der Waals surface area contributed by atoms with E-state index in [0.29, 0.717) is 0 Å².